The standard InChI is InChI=1S/C20H18O6/c1-23-17-8-5-12(19(24-2)20(17)25-3)4-7-15(21)13-6-9-16-14(18(13)22)10-11-26-16/h4-11,22H,1-3H3/b7-4+. The first-order valence-corrected chi connectivity index (χ1v) is 7.81. The molecule has 1 N–H and O–H groups in total. The van der Waals surface area contributed by atoms with Crippen LogP contribution >= 0.6 is 0 Å². The van der Waals surface area contributed by atoms with Crippen LogP contribution in [0.5, 0.6) is 23.0 Å². The number of rotatable bonds is 6. The van der Waals surface area contributed by atoms with Crippen molar-refractivity contribution in [2.75, 3.05) is 21.3 Å². The molecule has 0 aliphatic carbocycles. The zero-order valence-corrected chi connectivity index (χ0v) is 14.6. The van der Waals surface area contributed by atoms with Crippen LogP contribution in [0.15, 0.2) is 47.1 Å². The van der Waals surface area contributed by atoms with E-state index in [0.717, 1.165) is 0 Å². The predicted molar refractivity (Wildman–Crippen MR) is 97.3 cm³/mol. The van der Waals surface area contributed by atoms with Crippen LogP contribution in [-0.4, -0.2) is 32.2 Å². The normalized spacial score (nSPS) is 11.0. The molecule has 0 fully saturated rings. The van der Waals surface area contributed by atoms with Crippen LogP contribution in [0.3, 0.4) is 0 Å². The van der Waals surface area contributed by atoms with Crippen molar-refractivity contribution in [2.45, 2.75) is 0 Å². The number of carbonyl (C=O) groups is 1. The third kappa shape index (κ3) is 2.97. The minimum atomic E-state index is -0.345. The quantitative estimate of drug-likeness (QED) is 0.531. The highest BCUT2D eigenvalue weighted by atomic mass is 16.5. The maximum Gasteiger partial charge on any atom is 0.203 e. The van der Waals surface area contributed by atoms with Gasteiger partial charge in [-0.2, -0.15) is 0 Å². The average molecular weight is 354 g/mol. The maximum absolute atomic E-state index is 12.5. The zero-order chi connectivity index (χ0) is 18.7. The van der Waals surface area contributed by atoms with E-state index < -0.39 is 0 Å². The predicted octanol–water partition coefficient (Wildman–Crippen LogP) is 4.06. The number of methoxy groups -OCH3 is 3. The van der Waals surface area contributed by atoms with Gasteiger partial charge in [-0.15, -0.1) is 0 Å². The van der Waals surface area contributed by atoms with Crippen molar-refractivity contribution < 1.29 is 28.5 Å². The number of ether oxygens (including phenoxy) is 3. The zero-order valence-electron chi connectivity index (χ0n) is 14.6. The van der Waals surface area contributed by atoms with E-state index in [4.69, 9.17) is 18.6 Å². The molecule has 3 aromatic rings. The molecule has 0 aliphatic rings. The highest BCUT2D eigenvalue weighted by molar-refractivity contribution is 6.11. The molecule has 134 valence electrons. The molecule has 3 rings (SSSR count). The van der Waals surface area contributed by atoms with Crippen LogP contribution in [0.2, 0.25) is 0 Å². The number of fused-ring (bicyclic) bond motifs is 1. The topological polar surface area (TPSA) is 78.1 Å². The number of hydrogen-bond donors (Lipinski definition) is 1. The lowest BCUT2D eigenvalue weighted by Gasteiger charge is -2.13. The Labute approximate surface area is 150 Å². The molecule has 0 saturated heterocycles. The number of aromatic hydroxyl groups is 1. The summed E-state index contributed by atoms with van der Waals surface area (Å²) in [7, 11) is 4.55. The lowest BCUT2D eigenvalue weighted by atomic mass is 10.0. The number of benzene rings is 2. The lowest BCUT2D eigenvalue weighted by molar-refractivity contribution is 0.104. The molecule has 1 aromatic heterocycles. The van der Waals surface area contributed by atoms with Crippen molar-refractivity contribution >= 4 is 22.8 Å². The van der Waals surface area contributed by atoms with Gasteiger partial charge in [0.15, 0.2) is 17.3 Å². The first kappa shape index (κ1) is 17.4. The van der Waals surface area contributed by atoms with Crippen molar-refractivity contribution in [1.29, 1.82) is 0 Å². The molecule has 0 bridgehead atoms. The number of phenols is 1. The Morgan fingerprint density at radius 1 is 1.00 bits per heavy atom. The van der Waals surface area contributed by atoms with E-state index in [0.29, 0.717) is 33.8 Å². The fourth-order valence-electron chi connectivity index (χ4n) is 2.74. The molecule has 6 nitrogen and oxygen atoms in total. The van der Waals surface area contributed by atoms with Crippen molar-refractivity contribution in [3.05, 3.63) is 53.8 Å². The van der Waals surface area contributed by atoms with Gasteiger partial charge in [0.25, 0.3) is 0 Å². The van der Waals surface area contributed by atoms with Gasteiger partial charge in [-0.1, -0.05) is 0 Å². The summed E-state index contributed by atoms with van der Waals surface area (Å²) in [5.41, 5.74) is 1.35. The first-order valence-electron chi connectivity index (χ1n) is 7.81. The van der Waals surface area contributed by atoms with Gasteiger partial charge in [0.2, 0.25) is 5.75 Å². The number of allylic oxidation sites excluding steroid dienone is 1. The number of ketones is 1. The van der Waals surface area contributed by atoms with Gasteiger partial charge in [0.05, 0.1) is 38.5 Å². The van der Waals surface area contributed by atoms with Gasteiger partial charge in [-0.25, -0.2) is 0 Å². The van der Waals surface area contributed by atoms with Crippen LogP contribution in [0.25, 0.3) is 17.0 Å². The summed E-state index contributed by atoms with van der Waals surface area (Å²) in [6, 6.07) is 8.26. The Kier molecular flexibility index (Phi) is 4.84. The Hall–Kier alpha value is -3.41. The van der Waals surface area contributed by atoms with E-state index in [-0.39, 0.29) is 17.1 Å². The van der Waals surface area contributed by atoms with Crippen molar-refractivity contribution in [3.63, 3.8) is 0 Å². The third-order valence-electron chi connectivity index (χ3n) is 4.02. The van der Waals surface area contributed by atoms with E-state index in [1.54, 1.807) is 30.3 Å². The summed E-state index contributed by atoms with van der Waals surface area (Å²) in [6.45, 7) is 0. The van der Waals surface area contributed by atoms with E-state index in [2.05, 4.69) is 0 Å². The number of phenolic OH excluding ortho intramolecular Hbond substituents is 1. The molecule has 26 heavy (non-hydrogen) atoms. The van der Waals surface area contributed by atoms with E-state index in [1.807, 2.05) is 0 Å². The molecule has 6 heteroatoms. The van der Waals surface area contributed by atoms with Gasteiger partial charge in [0.1, 0.15) is 11.3 Å². The summed E-state index contributed by atoms with van der Waals surface area (Å²) in [4.78, 5) is 12.5. The fourth-order valence-corrected chi connectivity index (χ4v) is 2.74. The van der Waals surface area contributed by atoms with Crippen molar-refractivity contribution in [2.24, 2.45) is 0 Å². The Bertz CT molecular complexity index is 983. The summed E-state index contributed by atoms with van der Waals surface area (Å²) < 4.78 is 21.2. The highest BCUT2D eigenvalue weighted by Crippen LogP contribution is 2.40. The molecule has 0 atom stereocenters. The second-order valence-electron chi connectivity index (χ2n) is 5.42. The largest absolute Gasteiger partial charge is 0.506 e. The lowest BCUT2D eigenvalue weighted by Crippen LogP contribution is -1.98. The second kappa shape index (κ2) is 7.23. The maximum atomic E-state index is 12.5. The van der Waals surface area contributed by atoms with Gasteiger partial charge < -0.3 is 23.7 Å². The molecule has 1 heterocycles. The SMILES string of the molecule is COc1ccc(/C=C/C(=O)c2ccc3occc3c2O)c(OC)c1OC. The molecule has 0 radical (unpaired) electrons. The van der Waals surface area contributed by atoms with Gasteiger partial charge in [-0.05, 0) is 42.5 Å². The second-order valence-corrected chi connectivity index (χ2v) is 5.42. The smallest absolute Gasteiger partial charge is 0.203 e. The van der Waals surface area contributed by atoms with E-state index in [9.17, 15) is 9.90 Å². The molecular weight excluding hydrogens is 336 g/mol. The summed E-state index contributed by atoms with van der Waals surface area (Å²) >= 11 is 0. The molecule has 0 saturated carbocycles. The van der Waals surface area contributed by atoms with Crippen LogP contribution in [0.1, 0.15) is 15.9 Å². The first-order chi connectivity index (χ1) is 12.6. The molecular formula is C20H18O6. The highest BCUT2D eigenvalue weighted by Gasteiger charge is 2.16. The molecule has 2 aromatic carbocycles. The number of carbonyl (C=O) groups excluding carboxylic acids is 1. The monoisotopic (exact) mass is 354 g/mol. The summed E-state index contributed by atoms with van der Waals surface area (Å²) in [5, 5.41) is 10.8. The minimum absolute atomic E-state index is 0.106. The number of furan rings is 1. The van der Waals surface area contributed by atoms with E-state index >= 15 is 0 Å². The fraction of sp³-hybridized carbons (Fsp3) is 0.150. The van der Waals surface area contributed by atoms with Crippen LogP contribution in [0, 0.1) is 0 Å². The molecule has 0 unspecified atom stereocenters. The summed E-state index contributed by atoms with van der Waals surface area (Å²) in [6.07, 6.45) is 4.43. The van der Waals surface area contributed by atoms with Crippen molar-refractivity contribution in [3.8, 4) is 23.0 Å². The van der Waals surface area contributed by atoms with E-state index in [1.165, 1.54) is 39.7 Å². The molecule has 0 spiro atoms. The Morgan fingerprint density at radius 3 is 2.46 bits per heavy atom. The number of hydrogen-bond acceptors (Lipinski definition) is 6. The van der Waals surface area contributed by atoms with Crippen LogP contribution < -0.4 is 14.2 Å². The van der Waals surface area contributed by atoms with Crippen LogP contribution in [0.4, 0.5) is 0 Å². The summed E-state index contributed by atoms with van der Waals surface area (Å²) in [5.74, 6) is 0.959. The minimum Gasteiger partial charge on any atom is -0.506 e. The molecule has 0 amide bonds. The Morgan fingerprint density at radius 2 is 1.77 bits per heavy atom. The van der Waals surface area contributed by atoms with Gasteiger partial charge in [0, 0.05) is 5.56 Å². The Balaban J connectivity index is 1.96. The van der Waals surface area contributed by atoms with Crippen molar-refractivity contribution in [1.82, 2.24) is 0 Å². The van der Waals surface area contributed by atoms with Gasteiger partial charge in [-0.3, -0.25) is 4.79 Å². The molecule has 0 aliphatic heterocycles. The van der Waals surface area contributed by atoms with Crippen LogP contribution in [-0.2, 0) is 0 Å². The average Bonchev–Trinajstić information content (AvgIpc) is 3.15. The van der Waals surface area contributed by atoms with Gasteiger partial charge >= 0.3 is 0 Å². The third-order valence-corrected chi connectivity index (χ3v) is 4.02.